The Kier molecular flexibility index (Phi) is 4.15. The lowest BCUT2D eigenvalue weighted by Crippen LogP contribution is -2.47. The first-order chi connectivity index (χ1) is 8.29. The number of benzene rings is 1. The van der Waals surface area contributed by atoms with Crippen LogP contribution in [0.1, 0.15) is 30.9 Å². The molecule has 1 atom stereocenters. The summed E-state index contributed by atoms with van der Waals surface area (Å²) >= 11 is 0. The molecular weight excluding hydrogens is 212 g/mol. The summed E-state index contributed by atoms with van der Waals surface area (Å²) in [5, 5.41) is 6.20. The van der Waals surface area contributed by atoms with Crippen LogP contribution in [0.4, 0.5) is 0 Å². The van der Waals surface area contributed by atoms with Crippen molar-refractivity contribution in [3.05, 3.63) is 35.4 Å². The van der Waals surface area contributed by atoms with Gasteiger partial charge in [0, 0.05) is 13.1 Å². The van der Waals surface area contributed by atoms with Gasteiger partial charge in [0.1, 0.15) is 0 Å². The summed E-state index contributed by atoms with van der Waals surface area (Å²) in [5.74, 6) is 0.140. The van der Waals surface area contributed by atoms with Crippen molar-refractivity contribution in [1.29, 1.82) is 0 Å². The molecule has 3 nitrogen and oxygen atoms in total. The highest BCUT2D eigenvalue weighted by atomic mass is 16.2. The standard InChI is InChI=1S/C14H20N2O/c1-2-11-5-7-12(8-6-11)10-16-13-4-3-9-15-14(13)17/h5-8,13,16H,2-4,9-10H2,1H3,(H,15,17). The number of carbonyl (C=O) groups excluding carboxylic acids is 1. The fourth-order valence-corrected chi connectivity index (χ4v) is 2.10. The SMILES string of the molecule is CCc1ccc(CNC2CCCNC2=O)cc1. The van der Waals surface area contributed by atoms with Gasteiger partial charge >= 0.3 is 0 Å². The van der Waals surface area contributed by atoms with Crippen molar-refractivity contribution in [2.45, 2.75) is 38.8 Å². The molecule has 1 aliphatic heterocycles. The first kappa shape index (κ1) is 12.1. The molecular formula is C14H20N2O. The van der Waals surface area contributed by atoms with Gasteiger partial charge in [-0.1, -0.05) is 31.2 Å². The predicted molar refractivity (Wildman–Crippen MR) is 68.7 cm³/mol. The Morgan fingerprint density at radius 1 is 1.29 bits per heavy atom. The Labute approximate surface area is 103 Å². The number of piperidine rings is 1. The summed E-state index contributed by atoms with van der Waals surface area (Å²) in [4.78, 5) is 11.5. The van der Waals surface area contributed by atoms with Crippen molar-refractivity contribution in [1.82, 2.24) is 10.6 Å². The Morgan fingerprint density at radius 2 is 2.00 bits per heavy atom. The van der Waals surface area contributed by atoms with Gasteiger partial charge in [-0.05, 0) is 30.4 Å². The lowest BCUT2D eigenvalue weighted by molar-refractivity contribution is -0.124. The molecule has 1 fully saturated rings. The molecule has 0 saturated carbocycles. The van der Waals surface area contributed by atoms with E-state index in [0.29, 0.717) is 0 Å². The van der Waals surface area contributed by atoms with Gasteiger partial charge in [0.05, 0.1) is 6.04 Å². The normalized spacial score (nSPS) is 20.1. The monoisotopic (exact) mass is 232 g/mol. The summed E-state index contributed by atoms with van der Waals surface area (Å²) in [7, 11) is 0. The molecule has 0 spiro atoms. The van der Waals surface area contributed by atoms with E-state index in [1.807, 2.05) is 0 Å². The predicted octanol–water partition coefficient (Wildman–Crippen LogP) is 1.62. The zero-order valence-corrected chi connectivity index (χ0v) is 10.3. The summed E-state index contributed by atoms with van der Waals surface area (Å²) in [6.45, 7) is 3.74. The van der Waals surface area contributed by atoms with Crippen LogP contribution in [-0.2, 0) is 17.8 Å². The lowest BCUT2D eigenvalue weighted by atomic mass is 10.1. The maximum absolute atomic E-state index is 11.5. The first-order valence-electron chi connectivity index (χ1n) is 6.38. The van der Waals surface area contributed by atoms with Crippen molar-refractivity contribution in [3.8, 4) is 0 Å². The van der Waals surface area contributed by atoms with E-state index in [0.717, 1.165) is 32.4 Å². The van der Waals surface area contributed by atoms with Crippen molar-refractivity contribution in [3.63, 3.8) is 0 Å². The molecule has 17 heavy (non-hydrogen) atoms. The Bertz CT molecular complexity index is 372. The van der Waals surface area contributed by atoms with Crippen molar-refractivity contribution in [2.24, 2.45) is 0 Å². The van der Waals surface area contributed by atoms with Crippen LogP contribution in [0.3, 0.4) is 0 Å². The van der Waals surface area contributed by atoms with E-state index in [9.17, 15) is 4.79 Å². The minimum atomic E-state index is -0.0189. The molecule has 1 heterocycles. The number of hydrogen-bond acceptors (Lipinski definition) is 2. The van der Waals surface area contributed by atoms with E-state index >= 15 is 0 Å². The number of carbonyl (C=O) groups is 1. The van der Waals surface area contributed by atoms with Crippen LogP contribution >= 0.6 is 0 Å². The molecule has 0 radical (unpaired) electrons. The van der Waals surface area contributed by atoms with E-state index in [4.69, 9.17) is 0 Å². The number of amides is 1. The molecule has 1 saturated heterocycles. The molecule has 1 unspecified atom stereocenters. The van der Waals surface area contributed by atoms with Crippen molar-refractivity contribution >= 4 is 5.91 Å². The second-order valence-electron chi connectivity index (χ2n) is 4.54. The first-order valence-corrected chi connectivity index (χ1v) is 6.38. The molecule has 92 valence electrons. The molecule has 1 aromatic rings. The molecule has 1 amide bonds. The van der Waals surface area contributed by atoms with E-state index in [-0.39, 0.29) is 11.9 Å². The maximum atomic E-state index is 11.5. The topological polar surface area (TPSA) is 41.1 Å². The quantitative estimate of drug-likeness (QED) is 0.828. The fourth-order valence-electron chi connectivity index (χ4n) is 2.10. The molecule has 1 aromatic carbocycles. The van der Waals surface area contributed by atoms with Crippen LogP contribution in [-0.4, -0.2) is 18.5 Å². The third-order valence-electron chi connectivity index (χ3n) is 3.27. The van der Waals surface area contributed by atoms with Crippen LogP contribution in [0.2, 0.25) is 0 Å². The highest BCUT2D eigenvalue weighted by molar-refractivity contribution is 5.82. The molecule has 1 aliphatic rings. The zero-order valence-electron chi connectivity index (χ0n) is 10.3. The minimum Gasteiger partial charge on any atom is -0.355 e. The summed E-state index contributed by atoms with van der Waals surface area (Å²) in [5.41, 5.74) is 2.59. The highest BCUT2D eigenvalue weighted by Crippen LogP contribution is 2.07. The van der Waals surface area contributed by atoms with Gasteiger partial charge in [-0.3, -0.25) is 4.79 Å². The second-order valence-corrected chi connectivity index (χ2v) is 4.54. The average molecular weight is 232 g/mol. The highest BCUT2D eigenvalue weighted by Gasteiger charge is 2.20. The van der Waals surface area contributed by atoms with E-state index in [2.05, 4.69) is 41.8 Å². The molecule has 2 N–H and O–H groups in total. The molecule has 3 heteroatoms. The number of hydrogen-bond donors (Lipinski definition) is 2. The van der Waals surface area contributed by atoms with Crippen LogP contribution in [0.5, 0.6) is 0 Å². The lowest BCUT2D eigenvalue weighted by Gasteiger charge is -2.22. The third-order valence-corrected chi connectivity index (χ3v) is 3.27. The minimum absolute atomic E-state index is 0.0189. The van der Waals surface area contributed by atoms with Gasteiger partial charge in [0.25, 0.3) is 0 Å². The van der Waals surface area contributed by atoms with Gasteiger partial charge in [0.2, 0.25) is 5.91 Å². The van der Waals surface area contributed by atoms with Gasteiger partial charge in [0.15, 0.2) is 0 Å². The van der Waals surface area contributed by atoms with Gasteiger partial charge in [-0.25, -0.2) is 0 Å². The van der Waals surface area contributed by atoms with Crippen molar-refractivity contribution in [2.75, 3.05) is 6.54 Å². The molecule has 0 bridgehead atoms. The third kappa shape index (κ3) is 3.30. The summed E-state index contributed by atoms with van der Waals surface area (Å²) in [6.07, 6.45) is 3.08. The summed E-state index contributed by atoms with van der Waals surface area (Å²) < 4.78 is 0. The van der Waals surface area contributed by atoms with E-state index in [1.54, 1.807) is 0 Å². The van der Waals surface area contributed by atoms with Crippen LogP contribution in [0, 0.1) is 0 Å². The molecule has 0 aromatic heterocycles. The van der Waals surface area contributed by atoms with Crippen LogP contribution < -0.4 is 10.6 Å². The second kappa shape index (κ2) is 5.82. The Balaban J connectivity index is 1.86. The number of nitrogens with one attached hydrogen (secondary N) is 2. The summed E-state index contributed by atoms with van der Waals surface area (Å²) in [6, 6.07) is 8.55. The zero-order chi connectivity index (χ0) is 12.1. The Morgan fingerprint density at radius 3 is 2.65 bits per heavy atom. The van der Waals surface area contributed by atoms with Gasteiger partial charge in [-0.2, -0.15) is 0 Å². The molecule has 2 rings (SSSR count). The van der Waals surface area contributed by atoms with E-state index < -0.39 is 0 Å². The van der Waals surface area contributed by atoms with E-state index in [1.165, 1.54) is 11.1 Å². The fraction of sp³-hybridized carbons (Fsp3) is 0.500. The number of rotatable bonds is 4. The van der Waals surface area contributed by atoms with Crippen LogP contribution in [0.25, 0.3) is 0 Å². The Hall–Kier alpha value is -1.35. The van der Waals surface area contributed by atoms with Crippen molar-refractivity contribution < 1.29 is 4.79 Å². The largest absolute Gasteiger partial charge is 0.355 e. The maximum Gasteiger partial charge on any atom is 0.237 e. The number of aryl methyl sites for hydroxylation is 1. The molecule has 0 aliphatic carbocycles. The van der Waals surface area contributed by atoms with Crippen LogP contribution in [0.15, 0.2) is 24.3 Å². The van der Waals surface area contributed by atoms with Gasteiger partial charge in [-0.15, -0.1) is 0 Å². The smallest absolute Gasteiger partial charge is 0.237 e. The van der Waals surface area contributed by atoms with Gasteiger partial charge < -0.3 is 10.6 Å². The average Bonchev–Trinajstić information content (AvgIpc) is 2.38.